The molecule has 0 bridgehead atoms. The first-order valence-corrected chi connectivity index (χ1v) is 16.5. The van der Waals surface area contributed by atoms with Crippen molar-refractivity contribution in [3.63, 3.8) is 0 Å². The van der Waals surface area contributed by atoms with Gasteiger partial charge in [0, 0.05) is 18.4 Å². The van der Waals surface area contributed by atoms with Crippen LogP contribution in [-0.4, -0.2) is 32.2 Å². The Morgan fingerprint density at radius 1 is 0.684 bits per heavy atom. The third kappa shape index (κ3) is 10.1. The quantitative estimate of drug-likeness (QED) is 0.218. The van der Waals surface area contributed by atoms with Gasteiger partial charge in [-0.05, 0) is 113 Å². The monoisotopic (exact) mass is 538 g/mol. The van der Waals surface area contributed by atoms with Crippen molar-refractivity contribution in [2.75, 3.05) is 19.8 Å². The van der Waals surface area contributed by atoms with Crippen molar-refractivity contribution >= 4 is 0 Å². The predicted octanol–water partition coefficient (Wildman–Crippen LogP) is 9.69. The van der Waals surface area contributed by atoms with E-state index in [1.54, 1.807) is 0 Å². The molecule has 0 radical (unpaired) electrons. The molecule has 0 atom stereocenters. The maximum absolute atomic E-state index is 12.3. The lowest BCUT2D eigenvalue weighted by Gasteiger charge is -2.38. The van der Waals surface area contributed by atoms with E-state index in [2.05, 4.69) is 6.92 Å². The molecule has 3 aliphatic carbocycles. The summed E-state index contributed by atoms with van der Waals surface area (Å²) in [5, 5.41) is 0. The van der Waals surface area contributed by atoms with Crippen molar-refractivity contribution < 1.29 is 23.0 Å². The van der Waals surface area contributed by atoms with Crippen LogP contribution >= 0.6 is 0 Å². The third-order valence-corrected chi connectivity index (χ3v) is 10.5. The van der Waals surface area contributed by atoms with Crippen LogP contribution in [0.1, 0.15) is 129 Å². The summed E-state index contributed by atoms with van der Waals surface area (Å²) in [6.45, 7) is 4.94. The molecule has 0 unspecified atom stereocenters. The molecule has 0 aromatic rings. The van der Waals surface area contributed by atoms with Crippen LogP contribution in [0.2, 0.25) is 0 Å². The maximum atomic E-state index is 12.3. The Bertz CT molecular complexity index is 649. The number of unbranched alkanes of at least 4 members (excludes halogenated alkanes) is 1. The van der Waals surface area contributed by atoms with Gasteiger partial charge in [0.1, 0.15) is 0 Å². The van der Waals surface area contributed by atoms with Crippen molar-refractivity contribution in [2.45, 2.75) is 141 Å². The molecule has 220 valence electrons. The molecule has 0 aromatic heterocycles. The van der Waals surface area contributed by atoms with Crippen LogP contribution in [0.3, 0.4) is 0 Å². The van der Waals surface area contributed by atoms with Gasteiger partial charge in [-0.2, -0.15) is 8.78 Å². The summed E-state index contributed by atoms with van der Waals surface area (Å²) in [5.74, 6) is 4.52. The molecule has 4 fully saturated rings. The fourth-order valence-electron chi connectivity index (χ4n) is 7.96. The lowest BCUT2D eigenvalue weighted by molar-refractivity contribution is -0.231. The van der Waals surface area contributed by atoms with E-state index in [9.17, 15) is 8.78 Å². The van der Waals surface area contributed by atoms with Crippen LogP contribution in [0.4, 0.5) is 8.78 Å². The Kier molecular flexibility index (Phi) is 13.4. The molecule has 1 heterocycles. The van der Waals surface area contributed by atoms with Gasteiger partial charge in [0.25, 0.3) is 6.08 Å². The largest absolute Gasteiger partial charge is 0.378 e. The molecule has 3 nitrogen and oxygen atoms in total. The summed E-state index contributed by atoms with van der Waals surface area (Å²) in [4.78, 5) is 0. The molecule has 0 spiro atoms. The summed E-state index contributed by atoms with van der Waals surface area (Å²) in [5.41, 5.74) is 0. The van der Waals surface area contributed by atoms with Crippen molar-refractivity contribution in [1.82, 2.24) is 0 Å². The standard InChI is InChI=1S/C33H56F2O3/c1-2-3-6-27-23-37-33(38-24-27)30-18-20-31(21-19-30)36-22-5-8-26-12-16-29(17-13-26)28-14-10-25(11-15-28)7-4-9-32(34)35/h9,25-31,33H,2-8,10-24H2,1H3. The van der Waals surface area contributed by atoms with Gasteiger partial charge in [-0.15, -0.1) is 0 Å². The minimum atomic E-state index is -1.51. The summed E-state index contributed by atoms with van der Waals surface area (Å²) < 4.78 is 43.1. The van der Waals surface area contributed by atoms with E-state index in [0.29, 0.717) is 30.3 Å². The highest BCUT2D eigenvalue weighted by atomic mass is 19.3. The Morgan fingerprint density at radius 2 is 1.24 bits per heavy atom. The first-order valence-electron chi connectivity index (χ1n) is 16.5. The lowest BCUT2D eigenvalue weighted by atomic mass is 9.68. The molecule has 4 rings (SSSR count). The molecular formula is C33H56F2O3. The molecule has 38 heavy (non-hydrogen) atoms. The van der Waals surface area contributed by atoms with Gasteiger partial charge in [0.05, 0.1) is 19.3 Å². The van der Waals surface area contributed by atoms with Crippen LogP contribution in [0.15, 0.2) is 12.2 Å². The summed E-state index contributed by atoms with van der Waals surface area (Å²) in [6.07, 6.45) is 23.3. The van der Waals surface area contributed by atoms with Crippen LogP contribution in [0.25, 0.3) is 0 Å². The highest BCUT2D eigenvalue weighted by molar-refractivity contribution is 4.85. The zero-order valence-corrected chi connectivity index (χ0v) is 24.2. The number of rotatable bonds is 13. The minimum Gasteiger partial charge on any atom is -0.378 e. The Morgan fingerprint density at radius 3 is 1.82 bits per heavy atom. The van der Waals surface area contributed by atoms with E-state index >= 15 is 0 Å². The second kappa shape index (κ2) is 16.7. The first kappa shape index (κ1) is 30.4. The summed E-state index contributed by atoms with van der Waals surface area (Å²) >= 11 is 0. The predicted molar refractivity (Wildman–Crippen MR) is 150 cm³/mol. The molecule has 4 aliphatic rings. The molecular weight excluding hydrogens is 482 g/mol. The second-order valence-electron chi connectivity index (χ2n) is 13.2. The van der Waals surface area contributed by atoms with Gasteiger partial charge in [-0.25, -0.2) is 0 Å². The Hall–Kier alpha value is -0.520. The zero-order chi connectivity index (χ0) is 26.6. The van der Waals surface area contributed by atoms with Gasteiger partial charge in [0.15, 0.2) is 6.29 Å². The van der Waals surface area contributed by atoms with Crippen LogP contribution < -0.4 is 0 Å². The molecule has 3 saturated carbocycles. The topological polar surface area (TPSA) is 27.7 Å². The normalized spacial score (nSPS) is 36.6. The average molecular weight is 539 g/mol. The van der Waals surface area contributed by atoms with Crippen LogP contribution in [0, 0.1) is 35.5 Å². The van der Waals surface area contributed by atoms with Gasteiger partial charge in [-0.1, -0.05) is 45.4 Å². The van der Waals surface area contributed by atoms with Gasteiger partial charge < -0.3 is 14.2 Å². The fraction of sp³-hybridized carbons (Fsp3) is 0.939. The number of hydrogen-bond acceptors (Lipinski definition) is 3. The molecule has 1 aliphatic heterocycles. The van der Waals surface area contributed by atoms with E-state index < -0.39 is 6.08 Å². The molecule has 5 heteroatoms. The van der Waals surface area contributed by atoms with Gasteiger partial charge in [-0.3, -0.25) is 0 Å². The third-order valence-electron chi connectivity index (χ3n) is 10.5. The van der Waals surface area contributed by atoms with Gasteiger partial charge >= 0.3 is 0 Å². The number of allylic oxidation sites excluding steroid dienone is 1. The first-order chi connectivity index (χ1) is 18.6. The Labute approximate surface area is 231 Å². The fourth-order valence-corrected chi connectivity index (χ4v) is 7.96. The van der Waals surface area contributed by atoms with Crippen molar-refractivity contribution in [3.8, 4) is 0 Å². The molecule has 1 saturated heterocycles. The smallest absolute Gasteiger partial charge is 0.266 e. The molecule has 0 amide bonds. The van der Waals surface area contributed by atoms with E-state index in [1.165, 1.54) is 96.3 Å². The second-order valence-corrected chi connectivity index (χ2v) is 13.2. The highest BCUT2D eigenvalue weighted by Gasteiger charge is 2.33. The number of ether oxygens (including phenoxy) is 3. The van der Waals surface area contributed by atoms with E-state index in [1.807, 2.05) is 0 Å². The van der Waals surface area contributed by atoms with E-state index in [0.717, 1.165) is 62.9 Å². The Balaban J connectivity index is 0.998. The number of halogens is 2. The van der Waals surface area contributed by atoms with Crippen molar-refractivity contribution in [3.05, 3.63) is 12.2 Å². The summed E-state index contributed by atoms with van der Waals surface area (Å²) in [6, 6.07) is 0. The highest BCUT2D eigenvalue weighted by Crippen LogP contribution is 2.43. The zero-order valence-electron chi connectivity index (χ0n) is 24.2. The number of hydrogen-bond donors (Lipinski definition) is 0. The molecule has 0 N–H and O–H groups in total. The SMILES string of the molecule is CCCCC1COC(C2CCC(OCCCC3CCC(C4CCC(CCC=C(F)F)CC4)CC3)CC2)OC1. The summed E-state index contributed by atoms with van der Waals surface area (Å²) in [7, 11) is 0. The van der Waals surface area contributed by atoms with Crippen molar-refractivity contribution in [1.29, 1.82) is 0 Å². The van der Waals surface area contributed by atoms with Crippen molar-refractivity contribution in [2.24, 2.45) is 35.5 Å². The van der Waals surface area contributed by atoms with Gasteiger partial charge in [0.2, 0.25) is 0 Å². The van der Waals surface area contributed by atoms with E-state index in [-0.39, 0.29) is 6.29 Å². The maximum Gasteiger partial charge on any atom is 0.266 e. The minimum absolute atomic E-state index is 0.0229. The molecule has 0 aromatic carbocycles. The average Bonchev–Trinajstić information content (AvgIpc) is 2.95. The van der Waals surface area contributed by atoms with Crippen LogP contribution in [0.5, 0.6) is 0 Å². The van der Waals surface area contributed by atoms with E-state index in [4.69, 9.17) is 14.2 Å². The lowest BCUT2D eigenvalue weighted by Crippen LogP contribution is -2.39. The van der Waals surface area contributed by atoms with Crippen LogP contribution in [-0.2, 0) is 14.2 Å².